The molecule has 1 aromatic rings. The predicted molar refractivity (Wildman–Crippen MR) is 77.8 cm³/mol. The van der Waals surface area contributed by atoms with E-state index in [2.05, 4.69) is 15.9 Å². The summed E-state index contributed by atoms with van der Waals surface area (Å²) in [6, 6.07) is 4.35. The average Bonchev–Trinajstić information content (AvgIpc) is 2.38. The van der Waals surface area contributed by atoms with Crippen molar-refractivity contribution in [2.45, 2.75) is 30.2 Å². The number of sulfonamides is 1. The third-order valence-corrected chi connectivity index (χ3v) is 6.19. The maximum absolute atomic E-state index is 12.6. The van der Waals surface area contributed by atoms with E-state index in [0.29, 0.717) is 13.0 Å². The van der Waals surface area contributed by atoms with Crippen LogP contribution in [0.15, 0.2) is 27.6 Å². The van der Waals surface area contributed by atoms with Gasteiger partial charge in [0.25, 0.3) is 0 Å². The molecule has 2 rings (SSSR count). The lowest BCUT2D eigenvalue weighted by Crippen LogP contribution is -2.45. The van der Waals surface area contributed by atoms with Gasteiger partial charge in [-0.1, -0.05) is 34.0 Å². The second-order valence-electron chi connectivity index (χ2n) is 4.52. The van der Waals surface area contributed by atoms with Gasteiger partial charge in [0.15, 0.2) is 0 Å². The molecule has 0 spiro atoms. The summed E-state index contributed by atoms with van der Waals surface area (Å²) in [5.74, 6) is 0. The van der Waals surface area contributed by atoms with Crippen LogP contribution in [0.2, 0.25) is 5.02 Å². The van der Waals surface area contributed by atoms with Gasteiger partial charge >= 0.3 is 0 Å². The molecule has 1 atom stereocenters. The first-order valence-corrected chi connectivity index (χ1v) is 8.65. The summed E-state index contributed by atoms with van der Waals surface area (Å²) in [5, 5.41) is 9.53. The zero-order valence-corrected chi connectivity index (χ0v) is 13.4. The van der Waals surface area contributed by atoms with Crippen LogP contribution in [0.5, 0.6) is 0 Å². The molecule has 1 fully saturated rings. The summed E-state index contributed by atoms with van der Waals surface area (Å²) >= 11 is 9.28. The molecule has 0 saturated carbocycles. The monoisotopic (exact) mass is 367 g/mol. The van der Waals surface area contributed by atoms with Gasteiger partial charge in [0, 0.05) is 17.1 Å². The predicted octanol–water partition coefficient (Wildman–Crippen LogP) is 2.64. The van der Waals surface area contributed by atoms with Crippen molar-refractivity contribution < 1.29 is 13.5 Å². The van der Waals surface area contributed by atoms with Gasteiger partial charge < -0.3 is 5.11 Å². The zero-order valence-electron chi connectivity index (χ0n) is 10.2. The molecule has 0 bridgehead atoms. The van der Waals surface area contributed by atoms with Crippen LogP contribution in [0.3, 0.4) is 0 Å². The lowest BCUT2D eigenvalue weighted by Gasteiger charge is -2.33. The fourth-order valence-electron chi connectivity index (χ4n) is 2.28. The van der Waals surface area contributed by atoms with Gasteiger partial charge in [-0.2, -0.15) is 4.31 Å². The van der Waals surface area contributed by atoms with E-state index >= 15 is 0 Å². The highest BCUT2D eigenvalue weighted by Gasteiger charge is 2.34. The molecule has 0 aromatic heterocycles. The van der Waals surface area contributed by atoms with Crippen LogP contribution in [0.25, 0.3) is 0 Å². The first-order valence-electron chi connectivity index (χ1n) is 6.04. The van der Waals surface area contributed by atoms with Crippen molar-refractivity contribution in [2.75, 3.05) is 13.2 Å². The van der Waals surface area contributed by atoms with Crippen LogP contribution in [0.1, 0.15) is 19.3 Å². The largest absolute Gasteiger partial charge is 0.395 e. The molecule has 7 heteroatoms. The molecular formula is C12H15BrClNO3S. The minimum absolute atomic E-state index is 0.0951. The highest BCUT2D eigenvalue weighted by molar-refractivity contribution is 9.10. The Morgan fingerprint density at radius 2 is 2.16 bits per heavy atom. The van der Waals surface area contributed by atoms with E-state index in [0.717, 1.165) is 17.3 Å². The molecule has 1 N–H and O–H groups in total. The lowest BCUT2D eigenvalue weighted by molar-refractivity contribution is 0.155. The first-order chi connectivity index (χ1) is 8.96. The Labute approximate surface area is 126 Å². The number of benzene rings is 1. The lowest BCUT2D eigenvalue weighted by atomic mass is 10.1. The summed E-state index contributed by atoms with van der Waals surface area (Å²) in [6.07, 6.45) is 2.43. The Hall–Kier alpha value is -0.140. The van der Waals surface area contributed by atoms with E-state index in [1.165, 1.54) is 10.4 Å². The van der Waals surface area contributed by atoms with E-state index in [9.17, 15) is 13.5 Å². The second-order valence-corrected chi connectivity index (χ2v) is 7.70. The number of hydrogen-bond acceptors (Lipinski definition) is 3. The molecule has 19 heavy (non-hydrogen) atoms. The Balaban J connectivity index is 2.40. The Morgan fingerprint density at radius 1 is 1.42 bits per heavy atom. The van der Waals surface area contributed by atoms with Gasteiger partial charge in [-0.15, -0.1) is 0 Å². The molecule has 0 radical (unpaired) electrons. The van der Waals surface area contributed by atoms with Crippen molar-refractivity contribution in [3.63, 3.8) is 0 Å². The number of halogens is 2. The normalized spacial score (nSPS) is 21.5. The molecule has 106 valence electrons. The maximum atomic E-state index is 12.6. The minimum Gasteiger partial charge on any atom is -0.395 e. The fourth-order valence-corrected chi connectivity index (χ4v) is 4.98. The number of nitrogens with zero attached hydrogens (tertiary/aromatic N) is 1. The molecule has 0 amide bonds. The molecule has 1 heterocycles. The highest BCUT2D eigenvalue weighted by Crippen LogP contribution is 2.31. The van der Waals surface area contributed by atoms with Crippen molar-refractivity contribution in [1.29, 1.82) is 0 Å². The molecule has 0 aliphatic carbocycles. The number of aliphatic hydroxyl groups is 1. The quantitative estimate of drug-likeness (QED) is 0.892. The van der Waals surface area contributed by atoms with Crippen LogP contribution in [-0.2, 0) is 10.0 Å². The molecule has 1 aromatic carbocycles. The molecule has 4 nitrogen and oxygen atoms in total. The van der Waals surface area contributed by atoms with Gasteiger partial charge in [0.05, 0.1) is 11.6 Å². The van der Waals surface area contributed by atoms with E-state index in [1.54, 1.807) is 12.1 Å². The van der Waals surface area contributed by atoms with Crippen LogP contribution in [0, 0.1) is 0 Å². The minimum atomic E-state index is -3.65. The van der Waals surface area contributed by atoms with E-state index < -0.39 is 10.0 Å². The number of rotatable bonds is 3. The Morgan fingerprint density at radius 3 is 2.79 bits per heavy atom. The number of piperidine rings is 1. The van der Waals surface area contributed by atoms with Crippen molar-refractivity contribution in [3.8, 4) is 0 Å². The highest BCUT2D eigenvalue weighted by atomic mass is 79.9. The van der Waals surface area contributed by atoms with Crippen LogP contribution < -0.4 is 0 Å². The zero-order chi connectivity index (χ0) is 14.0. The summed E-state index contributed by atoms with van der Waals surface area (Å²) < 4.78 is 27.3. The van der Waals surface area contributed by atoms with Crippen molar-refractivity contribution >= 4 is 37.6 Å². The molecular weight excluding hydrogens is 354 g/mol. The van der Waals surface area contributed by atoms with Crippen LogP contribution in [0.4, 0.5) is 0 Å². The standard InChI is InChI=1S/C12H15BrClNO3S/c13-9-4-5-12(11(14)7-9)19(17,18)15-6-2-1-3-10(15)8-16/h4-5,7,10,16H,1-3,6,8H2. The molecule has 1 aliphatic heterocycles. The van der Waals surface area contributed by atoms with Gasteiger partial charge in [-0.25, -0.2) is 8.42 Å². The van der Waals surface area contributed by atoms with Crippen molar-refractivity contribution in [3.05, 3.63) is 27.7 Å². The number of hydrogen-bond donors (Lipinski definition) is 1. The summed E-state index contributed by atoms with van der Waals surface area (Å²) in [7, 11) is -3.65. The molecule has 1 aliphatic rings. The van der Waals surface area contributed by atoms with Gasteiger partial charge in [-0.05, 0) is 31.0 Å². The third-order valence-electron chi connectivity index (χ3n) is 3.26. The SMILES string of the molecule is O=S(=O)(c1ccc(Br)cc1Cl)N1CCCCC1CO. The Kier molecular flexibility index (Phi) is 4.89. The maximum Gasteiger partial charge on any atom is 0.244 e. The first kappa shape index (κ1) is 15.3. The van der Waals surface area contributed by atoms with Crippen molar-refractivity contribution in [1.82, 2.24) is 4.31 Å². The summed E-state index contributed by atoms with van der Waals surface area (Å²) in [4.78, 5) is 0.0951. The summed E-state index contributed by atoms with van der Waals surface area (Å²) in [5.41, 5.74) is 0. The topological polar surface area (TPSA) is 57.6 Å². The van der Waals surface area contributed by atoms with Gasteiger partial charge in [-0.3, -0.25) is 0 Å². The van der Waals surface area contributed by atoms with E-state index in [4.69, 9.17) is 11.6 Å². The number of aliphatic hydroxyl groups excluding tert-OH is 1. The van der Waals surface area contributed by atoms with E-state index in [1.807, 2.05) is 0 Å². The van der Waals surface area contributed by atoms with E-state index in [-0.39, 0.29) is 22.6 Å². The average molecular weight is 369 g/mol. The van der Waals surface area contributed by atoms with Crippen molar-refractivity contribution in [2.24, 2.45) is 0 Å². The summed E-state index contributed by atoms with van der Waals surface area (Å²) in [6.45, 7) is 0.271. The smallest absolute Gasteiger partial charge is 0.244 e. The van der Waals surface area contributed by atoms with Gasteiger partial charge in [0.1, 0.15) is 4.90 Å². The molecule has 1 saturated heterocycles. The Bertz CT molecular complexity index is 564. The fraction of sp³-hybridized carbons (Fsp3) is 0.500. The second kappa shape index (κ2) is 6.10. The molecule has 1 unspecified atom stereocenters. The van der Waals surface area contributed by atoms with Crippen LogP contribution in [-0.4, -0.2) is 37.0 Å². The van der Waals surface area contributed by atoms with Crippen LogP contribution >= 0.6 is 27.5 Å². The third kappa shape index (κ3) is 3.13. The van der Waals surface area contributed by atoms with Gasteiger partial charge in [0.2, 0.25) is 10.0 Å².